The molecule has 3 aromatic rings. The van der Waals surface area contributed by atoms with E-state index in [9.17, 15) is 9.50 Å². The fourth-order valence-electron chi connectivity index (χ4n) is 5.84. The lowest BCUT2D eigenvalue weighted by Gasteiger charge is -2.48. The van der Waals surface area contributed by atoms with Crippen molar-refractivity contribution in [2.45, 2.75) is 75.3 Å². The Morgan fingerprint density at radius 2 is 2.06 bits per heavy atom. The molecule has 2 bridgehead atoms. The molecule has 2 N–H and O–H groups in total. The number of aromatic hydroxyl groups is 1. The number of hydrogen-bond acceptors (Lipinski definition) is 8. The molecule has 3 fully saturated rings. The molecule has 0 spiro atoms. The van der Waals surface area contributed by atoms with Gasteiger partial charge in [0.1, 0.15) is 18.0 Å². The van der Waals surface area contributed by atoms with Gasteiger partial charge in [-0.3, -0.25) is 0 Å². The second kappa shape index (κ2) is 7.93. The second-order valence-corrected chi connectivity index (χ2v) is 10.6. The zero-order valence-electron chi connectivity index (χ0n) is 20.0. The van der Waals surface area contributed by atoms with E-state index in [2.05, 4.69) is 37.4 Å². The maximum Gasteiger partial charge on any atom is 0.198 e. The summed E-state index contributed by atoms with van der Waals surface area (Å²) in [5.41, 5.74) is -0.272. The third kappa shape index (κ3) is 3.67. The number of benzene rings is 1. The van der Waals surface area contributed by atoms with Crippen molar-refractivity contribution in [1.29, 1.82) is 5.26 Å². The fourth-order valence-corrected chi connectivity index (χ4v) is 5.84. The van der Waals surface area contributed by atoms with E-state index < -0.39 is 17.5 Å². The van der Waals surface area contributed by atoms with Gasteiger partial charge in [-0.2, -0.15) is 10.4 Å². The van der Waals surface area contributed by atoms with Gasteiger partial charge in [-0.05, 0) is 58.1 Å². The van der Waals surface area contributed by atoms with Crippen molar-refractivity contribution >= 4 is 5.82 Å². The lowest BCUT2D eigenvalue weighted by molar-refractivity contribution is 0.0831. The summed E-state index contributed by atoms with van der Waals surface area (Å²) < 4.78 is 30.7. The van der Waals surface area contributed by atoms with E-state index in [1.807, 2.05) is 6.92 Å². The Labute approximate surface area is 206 Å². The summed E-state index contributed by atoms with van der Waals surface area (Å²) in [6.07, 6.45) is 6.03. The van der Waals surface area contributed by atoms with Gasteiger partial charge in [0.15, 0.2) is 23.2 Å². The largest absolute Gasteiger partial charge is 0.507 e. The normalized spacial score (nSPS) is 29.2. The number of piperidine rings is 1. The average molecular weight is 493 g/mol. The van der Waals surface area contributed by atoms with Crippen LogP contribution in [-0.2, 0) is 0 Å². The van der Waals surface area contributed by atoms with Crippen LogP contribution < -0.4 is 10.2 Å². The molecule has 4 heterocycles. The zero-order chi connectivity index (χ0) is 25.2. The highest BCUT2D eigenvalue weighted by atomic mass is 19.1. The molecule has 36 heavy (non-hydrogen) atoms. The monoisotopic (exact) mass is 492 g/mol. The van der Waals surface area contributed by atoms with Gasteiger partial charge in [0.25, 0.3) is 0 Å². The SMILES string of the molecule is C[C@@]12CC[C@@](C)(N1)[C@@H](F)[C@@H](N(c1cnc(-c3ccc(-n4cc(F)c(C#N)n4)cc3O)nn1)C1CC1)C2. The van der Waals surface area contributed by atoms with E-state index in [0.29, 0.717) is 23.5 Å². The molecular formula is C25H26F2N8O. The quantitative estimate of drug-likeness (QED) is 0.557. The molecule has 2 saturated heterocycles. The number of alkyl halides is 1. The molecule has 6 rings (SSSR count). The molecule has 1 saturated carbocycles. The number of aromatic nitrogens is 5. The molecule has 9 nitrogen and oxygen atoms in total. The van der Waals surface area contributed by atoms with E-state index in [0.717, 1.165) is 31.9 Å². The first-order valence-electron chi connectivity index (χ1n) is 12.1. The number of fused-ring (bicyclic) bond motifs is 2. The Bertz CT molecular complexity index is 1370. The van der Waals surface area contributed by atoms with Crippen LogP contribution in [0.1, 0.15) is 51.6 Å². The third-order valence-corrected chi connectivity index (χ3v) is 7.76. The molecule has 2 aromatic heterocycles. The van der Waals surface area contributed by atoms with Crippen molar-refractivity contribution in [3.63, 3.8) is 0 Å². The molecule has 1 aliphatic carbocycles. The van der Waals surface area contributed by atoms with Crippen LogP contribution >= 0.6 is 0 Å². The van der Waals surface area contributed by atoms with Crippen molar-refractivity contribution < 1.29 is 13.9 Å². The van der Waals surface area contributed by atoms with Gasteiger partial charge in [0, 0.05) is 23.2 Å². The topological polar surface area (TPSA) is 116 Å². The Kier molecular flexibility index (Phi) is 5.02. The first-order chi connectivity index (χ1) is 17.2. The minimum absolute atomic E-state index is 0.102. The highest BCUT2D eigenvalue weighted by molar-refractivity contribution is 5.66. The maximum absolute atomic E-state index is 15.8. The van der Waals surface area contributed by atoms with Crippen LogP contribution in [0.3, 0.4) is 0 Å². The molecule has 0 amide bonds. The van der Waals surface area contributed by atoms with Gasteiger partial charge in [0.05, 0.1) is 29.7 Å². The van der Waals surface area contributed by atoms with Crippen molar-refractivity contribution in [2.75, 3.05) is 4.90 Å². The number of hydrogen-bond donors (Lipinski definition) is 2. The van der Waals surface area contributed by atoms with Crippen LogP contribution in [0.5, 0.6) is 5.75 Å². The molecule has 3 aliphatic rings. The summed E-state index contributed by atoms with van der Waals surface area (Å²) in [7, 11) is 0. The zero-order valence-corrected chi connectivity index (χ0v) is 20.0. The lowest BCUT2D eigenvalue weighted by Crippen LogP contribution is -2.66. The summed E-state index contributed by atoms with van der Waals surface area (Å²) in [5.74, 6) is -0.140. The number of halogens is 2. The molecule has 0 unspecified atom stereocenters. The van der Waals surface area contributed by atoms with Crippen molar-refractivity contribution in [3.8, 4) is 28.9 Å². The van der Waals surface area contributed by atoms with Gasteiger partial charge in [-0.15, -0.1) is 10.2 Å². The Hall–Kier alpha value is -3.65. The second-order valence-electron chi connectivity index (χ2n) is 10.6. The van der Waals surface area contributed by atoms with Gasteiger partial charge in [-0.1, -0.05) is 0 Å². The van der Waals surface area contributed by atoms with Gasteiger partial charge in [-0.25, -0.2) is 18.4 Å². The number of anilines is 1. The van der Waals surface area contributed by atoms with E-state index >= 15 is 4.39 Å². The van der Waals surface area contributed by atoms with Gasteiger partial charge >= 0.3 is 0 Å². The van der Waals surface area contributed by atoms with Crippen LogP contribution in [0.15, 0.2) is 30.6 Å². The van der Waals surface area contributed by atoms with Crippen LogP contribution in [0.4, 0.5) is 14.6 Å². The molecule has 2 aliphatic heterocycles. The maximum atomic E-state index is 15.8. The van der Waals surface area contributed by atoms with Gasteiger partial charge in [0.2, 0.25) is 0 Å². The summed E-state index contributed by atoms with van der Waals surface area (Å²) >= 11 is 0. The fraction of sp³-hybridized carbons (Fsp3) is 0.480. The van der Waals surface area contributed by atoms with E-state index in [1.165, 1.54) is 10.7 Å². The summed E-state index contributed by atoms with van der Waals surface area (Å²) in [4.78, 5) is 6.51. The number of phenols is 1. The third-order valence-electron chi connectivity index (χ3n) is 7.76. The number of phenolic OH excluding ortho intramolecular Hbond substituents is 1. The minimum atomic E-state index is -1.04. The predicted molar refractivity (Wildman–Crippen MR) is 127 cm³/mol. The summed E-state index contributed by atoms with van der Waals surface area (Å²) in [6.45, 7) is 4.14. The van der Waals surface area contributed by atoms with Crippen molar-refractivity contribution in [2.24, 2.45) is 0 Å². The minimum Gasteiger partial charge on any atom is -0.507 e. The number of rotatable bonds is 5. The molecule has 4 atom stereocenters. The Morgan fingerprint density at radius 3 is 2.69 bits per heavy atom. The first kappa shape index (κ1) is 22.8. The first-order valence-corrected chi connectivity index (χ1v) is 12.1. The Morgan fingerprint density at radius 1 is 1.25 bits per heavy atom. The molecular weight excluding hydrogens is 466 g/mol. The number of nitrogens with one attached hydrogen (secondary N) is 1. The van der Waals surface area contributed by atoms with Gasteiger partial charge < -0.3 is 15.3 Å². The lowest BCUT2D eigenvalue weighted by atomic mass is 9.82. The van der Waals surface area contributed by atoms with Crippen LogP contribution in [0.2, 0.25) is 0 Å². The smallest absolute Gasteiger partial charge is 0.198 e. The summed E-state index contributed by atoms with van der Waals surface area (Å²) in [5, 5.41) is 35.6. The van der Waals surface area contributed by atoms with E-state index in [4.69, 9.17) is 5.26 Å². The van der Waals surface area contributed by atoms with Crippen LogP contribution in [0, 0.1) is 17.1 Å². The molecule has 0 radical (unpaired) electrons. The highest BCUT2D eigenvalue weighted by Gasteiger charge is 2.58. The Balaban J connectivity index is 1.28. The van der Waals surface area contributed by atoms with E-state index in [1.54, 1.807) is 24.4 Å². The number of nitrogens with zero attached hydrogens (tertiary/aromatic N) is 7. The highest BCUT2D eigenvalue weighted by Crippen LogP contribution is 2.47. The predicted octanol–water partition coefficient (Wildman–Crippen LogP) is 3.42. The summed E-state index contributed by atoms with van der Waals surface area (Å²) in [6, 6.07) is 6.16. The molecule has 1 aromatic carbocycles. The van der Waals surface area contributed by atoms with Crippen LogP contribution in [-0.4, -0.2) is 59.4 Å². The molecule has 11 heteroatoms. The average Bonchev–Trinajstić information content (AvgIpc) is 3.56. The molecule has 186 valence electrons. The van der Waals surface area contributed by atoms with Crippen molar-refractivity contribution in [1.82, 2.24) is 30.3 Å². The van der Waals surface area contributed by atoms with E-state index in [-0.39, 0.29) is 34.9 Å². The van der Waals surface area contributed by atoms with Crippen molar-refractivity contribution in [3.05, 3.63) is 42.1 Å². The standard InChI is InChI=1S/C25H26F2N8O/c1-24-7-8-25(2,33-24)22(27)19(10-24)35(14-3-4-14)21-12-29-23(31-30-21)16-6-5-15(9-20(16)36)34-13-17(26)18(11-28)32-34/h5-6,9,12-14,19,22,33,36H,3-4,7-8,10H2,1-2H3/t19-,22-,24-,25+/m0/s1. The number of nitriles is 1. The van der Waals surface area contributed by atoms with Crippen LogP contribution in [0.25, 0.3) is 17.1 Å².